The standard InChI is InChI=1S/C26H23FNO5P/c1-5-26(24(29)30,34(32)33)25(4,31)22-20(16(2)3)15-21(17-9-7-6-8-10-17)28-23(22)18-11-13-19(27)14-12-18/h1,6-16,31H,2-4H3,(H-,29,30,32,33)/p+1. The van der Waals surface area contributed by atoms with E-state index in [1.807, 2.05) is 50.1 Å². The molecule has 1 aromatic heterocycles. The third kappa shape index (κ3) is 4.12. The van der Waals surface area contributed by atoms with Gasteiger partial charge < -0.3 is 10.2 Å². The molecule has 34 heavy (non-hydrogen) atoms. The Morgan fingerprint density at radius 2 is 1.71 bits per heavy atom. The maximum Gasteiger partial charge on any atom is 0.541 e. The molecule has 0 saturated carbocycles. The van der Waals surface area contributed by atoms with Crippen LogP contribution in [0.3, 0.4) is 0 Å². The molecule has 3 aromatic rings. The fourth-order valence-electron chi connectivity index (χ4n) is 4.02. The Morgan fingerprint density at radius 3 is 2.18 bits per heavy atom. The number of hydrogen-bond acceptors (Lipinski definition) is 4. The lowest BCUT2D eigenvalue weighted by molar-refractivity contribution is -0.145. The van der Waals surface area contributed by atoms with Crippen LogP contribution in [0.4, 0.5) is 4.39 Å². The van der Waals surface area contributed by atoms with Crippen LogP contribution >= 0.6 is 8.03 Å². The van der Waals surface area contributed by atoms with Gasteiger partial charge in [-0.1, -0.05) is 44.2 Å². The van der Waals surface area contributed by atoms with Gasteiger partial charge in [-0.3, -0.25) is 0 Å². The molecular weight excluding hydrogens is 456 g/mol. The molecule has 0 saturated heterocycles. The number of rotatable bonds is 7. The van der Waals surface area contributed by atoms with Gasteiger partial charge in [0.1, 0.15) is 5.82 Å². The van der Waals surface area contributed by atoms with Crippen molar-refractivity contribution in [3.05, 3.63) is 77.6 Å². The van der Waals surface area contributed by atoms with Crippen molar-refractivity contribution >= 4 is 14.0 Å². The van der Waals surface area contributed by atoms with E-state index in [1.165, 1.54) is 24.3 Å². The zero-order valence-corrected chi connectivity index (χ0v) is 19.8. The zero-order valence-electron chi connectivity index (χ0n) is 18.9. The molecule has 0 amide bonds. The van der Waals surface area contributed by atoms with Crippen molar-refractivity contribution in [1.82, 2.24) is 4.98 Å². The number of terminal acetylenes is 1. The maximum atomic E-state index is 13.7. The highest BCUT2D eigenvalue weighted by Gasteiger charge is 2.70. The first kappa shape index (κ1) is 25.2. The molecule has 3 unspecified atom stereocenters. The quantitative estimate of drug-likeness (QED) is 0.322. The number of carboxylic acids is 1. The van der Waals surface area contributed by atoms with E-state index in [0.29, 0.717) is 16.8 Å². The van der Waals surface area contributed by atoms with E-state index in [4.69, 9.17) is 11.4 Å². The molecule has 0 aliphatic heterocycles. The fraction of sp³-hybridized carbons (Fsp3) is 0.231. The molecule has 6 nitrogen and oxygen atoms in total. The number of pyridine rings is 1. The van der Waals surface area contributed by atoms with Gasteiger partial charge in [0.05, 0.1) is 11.4 Å². The largest absolute Gasteiger partial charge is 0.541 e. The van der Waals surface area contributed by atoms with Crippen LogP contribution in [0.15, 0.2) is 60.7 Å². The number of aliphatic hydroxyl groups is 1. The number of hydrogen-bond donors (Lipinski definition) is 3. The van der Waals surface area contributed by atoms with Gasteiger partial charge in [0.15, 0.2) is 5.60 Å². The Labute approximate surface area is 198 Å². The van der Waals surface area contributed by atoms with Gasteiger partial charge in [0.25, 0.3) is 0 Å². The second kappa shape index (κ2) is 9.44. The zero-order chi connectivity index (χ0) is 25.3. The van der Waals surface area contributed by atoms with Crippen molar-refractivity contribution in [2.45, 2.75) is 37.4 Å². The summed E-state index contributed by atoms with van der Waals surface area (Å²) in [5.74, 6) is -0.710. The van der Waals surface area contributed by atoms with Crippen LogP contribution in [0, 0.1) is 18.2 Å². The average Bonchev–Trinajstić information content (AvgIpc) is 2.79. The summed E-state index contributed by atoms with van der Waals surface area (Å²) < 4.78 is 26.1. The minimum atomic E-state index is -3.59. The lowest BCUT2D eigenvalue weighted by Gasteiger charge is -2.34. The van der Waals surface area contributed by atoms with Crippen molar-refractivity contribution in [2.24, 2.45) is 0 Å². The van der Waals surface area contributed by atoms with E-state index in [2.05, 4.69) is 0 Å². The topological polar surface area (TPSA) is 108 Å². The predicted octanol–water partition coefficient (Wildman–Crippen LogP) is 5.08. The van der Waals surface area contributed by atoms with Crippen molar-refractivity contribution < 1.29 is 28.9 Å². The van der Waals surface area contributed by atoms with Gasteiger partial charge in [0.2, 0.25) is 0 Å². The molecule has 3 N–H and O–H groups in total. The molecule has 174 valence electrons. The Kier molecular flexibility index (Phi) is 6.99. The predicted molar refractivity (Wildman–Crippen MR) is 128 cm³/mol. The van der Waals surface area contributed by atoms with Gasteiger partial charge in [-0.2, -0.15) is 4.89 Å². The highest BCUT2D eigenvalue weighted by atomic mass is 31.1. The van der Waals surface area contributed by atoms with Crippen LogP contribution in [0.25, 0.3) is 22.5 Å². The summed E-state index contributed by atoms with van der Waals surface area (Å²) in [5, 5.41) is 18.8. The molecule has 0 spiro atoms. The van der Waals surface area contributed by atoms with Gasteiger partial charge in [-0.05, 0) is 59.2 Å². The Hall–Kier alpha value is -3.43. The number of carboxylic acid groups (broad SMARTS) is 1. The van der Waals surface area contributed by atoms with Crippen LogP contribution in [0.5, 0.6) is 0 Å². The van der Waals surface area contributed by atoms with Gasteiger partial charge >= 0.3 is 19.2 Å². The Bertz CT molecular complexity index is 1270. The van der Waals surface area contributed by atoms with Crippen molar-refractivity contribution in [2.75, 3.05) is 0 Å². The Balaban J connectivity index is 2.51. The van der Waals surface area contributed by atoms with E-state index in [9.17, 15) is 28.9 Å². The van der Waals surface area contributed by atoms with Crippen LogP contribution in [0.2, 0.25) is 0 Å². The minimum absolute atomic E-state index is 0.00783. The van der Waals surface area contributed by atoms with Crippen molar-refractivity contribution in [1.29, 1.82) is 0 Å². The molecule has 0 aliphatic carbocycles. The Morgan fingerprint density at radius 1 is 1.12 bits per heavy atom. The number of aliphatic carboxylic acids is 1. The van der Waals surface area contributed by atoms with Gasteiger partial charge in [-0.25, -0.2) is 14.2 Å². The van der Waals surface area contributed by atoms with Gasteiger partial charge in [0, 0.05) is 16.7 Å². The normalized spacial score (nSPS) is 15.2. The summed E-state index contributed by atoms with van der Waals surface area (Å²) in [6.45, 7) is 4.76. The molecule has 3 rings (SSSR count). The number of halogens is 1. The van der Waals surface area contributed by atoms with Crippen LogP contribution in [-0.4, -0.2) is 31.2 Å². The maximum absolute atomic E-state index is 13.7. The lowest BCUT2D eigenvalue weighted by Crippen LogP contribution is -2.53. The van der Waals surface area contributed by atoms with E-state index in [1.54, 1.807) is 6.07 Å². The minimum Gasteiger partial charge on any atom is -0.477 e. The van der Waals surface area contributed by atoms with Crippen LogP contribution in [-0.2, 0) is 15.0 Å². The van der Waals surface area contributed by atoms with Crippen molar-refractivity contribution in [3.63, 3.8) is 0 Å². The lowest BCUT2D eigenvalue weighted by atomic mass is 9.76. The summed E-state index contributed by atoms with van der Waals surface area (Å²) >= 11 is 0. The molecule has 0 radical (unpaired) electrons. The number of nitrogens with zero attached hydrogens (tertiary/aromatic N) is 1. The summed E-state index contributed by atoms with van der Waals surface area (Å²) in [6, 6.07) is 16.2. The molecule has 2 aromatic carbocycles. The van der Waals surface area contributed by atoms with E-state index in [-0.39, 0.29) is 17.2 Å². The second-order valence-corrected chi connectivity index (χ2v) is 9.57. The first-order valence-electron chi connectivity index (χ1n) is 10.4. The summed E-state index contributed by atoms with van der Waals surface area (Å²) in [6.07, 6.45) is 5.48. The molecule has 8 heteroatoms. The van der Waals surface area contributed by atoms with E-state index >= 15 is 0 Å². The first-order valence-corrected chi connectivity index (χ1v) is 11.6. The third-order valence-electron chi connectivity index (χ3n) is 5.86. The molecule has 0 bridgehead atoms. The van der Waals surface area contributed by atoms with Crippen LogP contribution < -0.4 is 0 Å². The molecular formula is C26H24FNO5P+. The molecule has 3 atom stereocenters. The molecule has 1 heterocycles. The smallest absolute Gasteiger partial charge is 0.477 e. The summed E-state index contributed by atoms with van der Waals surface area (Å²) in [7, 11) is -3.59. The average molecular weight is 480 g/mol. The fourth-order valence-corrected chi connectivity index (χ4v) is 4.78. The highest BCUT2D eigenvalue weighted by molar-refractivity contribution is 7.42. The monoisotopic (exact) mass is 480 g/mol. The summed E-state index contributed by atoms with van der Waals surface area (Å²) in [4.78, 5) is 27.0. The number of carbonyl (C=O) groups is 1. The first-order chi connectivity index (χ1) is 16.0. The van der Waals surface area contributed by atoms with Crippen molar-refractivity contribution in [3.8, 4) is 34.9 Å². The summed E-state index contributed by atoms with van der Waals surface area (Å²) in [5.41, 5.74) is -0.260. The van der Waals surface area contributed by atoms with E-state index < -0.39 is 30.6 Å². The molecule has 0 aliphatic rings. The second-order valence-electron chi connectivity index (χ2n) is 8.35. The number of benzene rings is 2. The number of aromatic nitrogens is 1. The van der Waals surface area contributed by atoms with E-state index in [0.717, 1.165) is 12.5 Å². The highest BCUT2D eigenvalue weighted by Crippen LogP contribution is 2.52. The SMILES string of the molecule is C#CC(C(=O)O)([P+](=O)O)C(C)(O)c1c(C(C)C)cc(-c2ccccc2)nc1-c1ccc(F)cc1. The molecule has 0 fully saturated rings. The van der Waals surface area contributed by atoms with Gasteiger partial charge in [-0.15, -0.1) is 6.42 Å². The third-order valence-corrected chi connectivity index (χ3v) is 7.19. The van der Waals surface area contributed by atoms with Crippen LogP contribution in [0.1, 0.15) is 37.8 Å².